The lowest BCUT2D eigenvalue weighted by atomic mass is 10.2. The van der Waals surface area contributed by atoms with Crippen molar-refractivity contribution in [2.24, 2.45) is 0 Å². The first kappa shape index (κ1) is 17.5. The molecule has 2 N–H and O–H groups in total. The summed E-state index contributed by atoms with van der Waals surface area (Å²) in [6.07, 6.45) is 3.33. The Kier molecular flexibility index (Phi) is 6.21. The first-order chi connectivity index (χ1) is 11.0. The normalized spacial score (nSPS) is 14.0. The maximum Gasteiger partial charge on any atom is 0.322 e. The fourth-order valence-electron chi connectivity index (χ4n) is 2.36. The van der Waals surface area contributed by atoms with Gasteiger partial charge in [0, 0.05) is 25.3 Å². The van der Waals surface area contributed by atoms with Crippen LogP contribution in [0.4, 0.5) is 14.9 Å². The zero-order valence-electron chi connectivity index (χ0n) is 13.7. The van der Waals surface area contributed by atoms with Crippen LogP contribution in [-0.4, -0.2) is 41.3 Å². The number of benzene rings is 1. The summed E-state index contributed by atoms with van der Waals surface area (Å²) in [6, 6.07) is 4.39. The molecule has 0 unspecified atom stereocenters. The van der Waals surface area contributed by atoms with Crippen LogP contribution in [-0.2, 0) is 0 Å². The van der Waals surface area contributed by atoms with E-state index in [4.69, 9.17) is 9.84 Å². The smallest absolute Gasteiger partial charge is 0.322 e. The highest BCUT2D eigenvalue weighted by Gasteiger charge is 2.32. The molecule has 2 rings (SSSR count). The number of carbonyl (C=O) groups excluding carboxylic acids is 1. The topological polar surface area (TPSA) is 61.8 Å². The Morgan fingerprint density at radius 2 is 2.17 bits per heavy atom. The van der Waals surface area contributed by atoms with Crippen LogP contribution in [0.15, 0.2) is 18.2 Å². The number of urea groups is 1. The minimum absolute atomic E-state index is 0.0354. The van der Waals surface area contributed by atoms with Gasteiger partial charge in [-0.05, 0) is 51.7 Å². The Balaban J connectivity index is 1.97. The van der Waals surface area contributed by atoms with Crippen LogP contribution in [0.1, 0.15) is 39.5 Å². The van der Waals surface area contributed by atoms with E-state index in [-0.39, 0.29) is 30.5 Å². The van der Waals surface area contributed by atoms with Gasteiger partial charge >= 0.3 is 6.03 Å². The third-order valence-electron chi connectivity index (χ3n) is 3.61. The molecule has 1 aliphatic rings. The van der Waals surface area contributed by atoms with Gasteiger partial charge in [0.15, 0.2) is 0 Å². The average molecular weight is 324 g/mol. The summed E-state index contributed by atoms with van der Waals surface area (Å²) < 4.78 is 19.5. The third-order valence-corrected chi connectivity index (χ3v) is 3.61. The van der Waals surface area contributed by atoms with Crippen molar-refractivity contribution in [1.82, 2.24) is 4.90 Å². The van der Waals surface area contributed by atoms with Crippen LogP contribution < -0.4 is 10.1 Å². The van der Waals surface area contributed by atoms with Gasteiger partial charge in [-0.3, -0.25) is 0 Å². The standard InChI is InChI=1S/C17H25FN2O3/c1-12(2)23-14-7-8-16(15(18)11-14)19-17(22)20(13-5-6-13)9-3-4-10-21/h7-8,11-13,21H,3-6,9-10H2,1-2H3,(H,19,22). The molecule has 2 amide bonds. The summed E-state index contributed by atoms with van der Waals surface area (Å²) in [6.45, 7) is 4.43. The molecule has 128 valence electrons. The van der Waals surface area contributed by atoms with E-state index in [2.05, 4.69) is 5.32 Å². The molecular weight excluding hydrogens is 299 g/mol. The summed E-state index contributed by atoms with van der Waals surface area (Å²) in [4.78, 5) is 14.1. The summed E-state index contributed by atoms with van der Waals surface area (Å²) >= 11 is 0. The van der Waals surface area contributed by atoms with E-state index in [1.165, 1.54) is 12.1 Å². The fraction of sp³-hybridized carbons (Fsp3) is 0.588. The van der Waals surface area contributed by atoms with Gasteiger partial charge in [0.2, 0.25) is 0 Å². The van der Waals surface area contributed by atoms with Crippen molar-refractivity contribution >= 4 is 11.7 Å². The molecule has 1 aliphatic carbocycles. The molecule has 5 nitrogen and oxygen atoms in total. The highest BCUT2D eigenvalue weighted by molar-refractivity contribution is 5.90. The van der Waals surface area contributed by atoms with Crippen molar-refractivity contribution in [2.45, 2.75) is 51.7 Å². The molecule has 0 saturated heterocycles. The molecule has 0 heterocycles. The number of hydrogen-bond donors (Lipinski definition) is 2. The zero-order chi connectivity index (χ0) is 16.8. The minimum atomic E-state index is -0.511. The maximum atomic E-state index is 14.1. The van der Waals surface area contributed by atoms with Crippen molar-refractivity contribution in [3.05, 3.63) is 24.0 Å². The third kappa shape index (κ3) is 5.39. The Morgan fingerprint density at radius 1 is 1.43 bits per heavy atom. The highest BCUT2D eigenvalue weighted by atomic mass is 19.1. The monoisotopic (exact) mass is 324 g/mol. The molecule has 0 radical (unpaired) electrons. The van der Waals surface area contributed by atoms with Crippen LogP contribution >= 0.6 is 0 Å². The van der Waals surface area contributed by atoms with Gasteiger partial charge in [0.1, 0.15) is 11.6 Å². The van der Waals surface area contributed by atoms with Gasteiger partial charge in [-0.15, -0.1) is 0 Å². The molecule has 0 atom stereocenters. The first-order valence-corrected chi connectivity index (χ1v) is 8.16. The fourth-order valence-corrected chi connectivity index (χ4v) is 2.36. The number of amides is 2. The summed E-state index contributed by atoms with van der Waals surface area (Å²) in [5.74, 6) is -0.0694. The van der Waals surface area contributed by atoms with E-state index in [0.717, 1.165) is 19.3 Å². The number of aliphatic hydroxyl groups is 1. The lowest BCUT2D eigenvalue weighted by Crippen LogP contribution is -2.37. The van der Waals surface area contributed by atoms with Gasteiger partial charge in [-0.25, -0.2) is 9.18 Å². The summed E-state index contributed by atoms with van der Waals surface area (Å²) in [5.41, 5.74) is 0.152. The van der Waals surface area contributed by atoms with E-state index < -0.39 is 5.82 Å². The number of unbranched alkanes of at least 4 members (excludes halogenated alkanes) is 1. The molecule has 0 aromatic heterocycles. The largest absolute Gasteiger partial charge is 0.491 e. The summed E-state index contributed by atoms with van der Waals surface area (Å²) in [7, 11) is 0. The number of rotatable bonds is 8. The second-order valence-corrected chi connectivity index (χ2v) is 6.09. The van der Waals surface area contributed by atoms with E-state index >= 15 is 0 Å². The molecule has 1 saturated carbocycles. The van der Waals surface area contributed by atoms with E-state index in [1.54, 1.807) is 11.0 Å². The Morgan fingerprint density at radius 3 is 2.74 bits per heavy atom. The van der Waals surface area contributed by atoms with Crippen LogP contribution in [0.25, 0.3) is 0 Å². The number of halogens is 1. The SMILES string of the molecule is CC(C)Oc1ccc(NC(=O)N(CCCCO)C2CC2)c(F)c1. The first-order valence-electron chi connectivity index (χ1n) is 8.16. The van der Waals surface area contributed by atoms with Gasteiger partial charge in [0.05, 0.1) is 11.8 Å². The van der Waals surface area contributed by atoms with Gasteiger partial charge in [0.25, 0.3) is 0 Å². The van der Waals surface area contributed by atoms with E-state index in [0.29, 0.717) is 18.7 Å². The van der Waals surface area contributed by atoms with Crippen LogP contribution in [0.2, 0.25) is 0 Å². The Labute approximate surface area is 136 Å². The van der Waals surface area contributed by atoms with Crippen molar-refractivity contribution < 1.29 is 19.0 Å². The predicted octanol–water partition coefficient (Wildman–Crippen LogP) is 3.38. The Hall–Kier alpha value is -1.82. The second kappa shape index (κ2) is 8.15. The number of ether oxygens (including phenoxy) is 1. The quantitative estimate of drug-likeness (QED) is 0.721. The van der Waals surface area contributed by atoms with Crippen LogP contribution in [0.5, 0.6) is 5.75 Å². The maximum absolute atomic E-state index is 14.1. The number of aliphatic hydroxyl groups excluding tert-OH is 1. The second-order valence-electron chi connectivity index (χ2n) is 6.09. The molecule has 6 heteroatoms. The molecule has 0 aliphatic heterocycles. The van der Waals surface area contributed by atoms with E-state index in [1.807, 2.05) is 13.8 Å². The van der Waals surface area contributed by atoms with Gasteiger partial charge in [-0.1, -0.05) is 0 Å². The lowest BCUT2D eigenvalue weighted by molar-refractivity contribution is 0.203. The molecule has 0 spiro atoms. The van der Waals surface area contributed by atoms with Gasteiger partial charge in [-0.2, -0.15) is 0 Å². The van der Waals surface area contributed by atoms with Crippen molar-refractivity contribution in [3.8, 4) is 5.75 Å². The highest BCUT2D eigenvalue weighted by Crippen LogP contribution is 2.28. The van der Waals surface area contributed by atoms with Crippen molar-refractivity contribution in [3.63, 3.8) is 0 Å². The van der Waals surface area contributed by atoms with Gasteiger partial charge < -0.3 is 20.1 Å². The predicted molar refractivity (Wildman–Crippen MR) is 87.2 cm³/mol. The number of carbonyl (C=O) groups is 1. The molecule has 23 heavy (non-hydrogen) atoms. The lowest BCUT2D eigenvalue weighted by Gasteiger charge is -2.23. The number of hydrogen-bond acceptors (Lipinski definition) is 3. The molecule has 1 aromatic carbocycles. The van der Waals surface area contributed by atoms with E-state index in [9.17, 15) is 9.18 Å². The number of anilines is 1. The zero-order valence-corrected chi connectivity index (χ0v) is 13.7. The van der Waals surface area contributed by atoms with Crippen molar-refractivity contribution in [1.29, 1.82) is 0 Å². The molecule has 1 aromatic rings. The van der Waals surface area contributed by atoms with Crippen LogP contribution in [0.3, 0.4) is 0 Å². The van der Waals surface area contributed by atoms with Crippen LogP contribution in [0, 0.1) is 5.82 Å². The molecule has 0 bridgehead atoms. The number of nitrogens with zero attached hydrogens (tertiary/aromatic N) is 1. The Bertz CT molecular complexity index is 533. The summed E-state index contributed by atoms with van der Waals surface area (Å²) in [5, 5.41) is 11.5. The molecule has 1 fully saturated rings. The number of nitrogens with one attached hydrogen (secondary N) is 1. The van der Waals surface area contributed by atoms with Crippen molar-refractivity contribution in [2.75, 3.05) is 18.5 Å². The minimum Gasteiger partial charge on any atom is -0.491 e. The average Bonchev–Trinajstić information content (AvgIpc) is 3.30. The molecular formula is C17H25FN2O3.